The summed E-state index contributed by atoms with van der Waals surface area (Å²) in [4.78, 5) is 25.0. The summed E-state index contributed by atoms with van der Waals surface area (Å²) in [7, 11) is 0. The summed E-state index contributed by atoms with van der Waals surface area (Å²) >= 11 is 0. The number of alkyl halides is 3. The van der Waals surface area contributed by atoms with Crippen molar-refractivity contribution in [1.29, 1.82) is 0 Å². The zero-order valence-corrected chi connectivity index (χ0v) is 12.7. The topological polar surface area (TPSA) is 69.6 Å². The van der Waals surface area contributed by atoms with Crippen molar-refractivity contribution < 1.29 is 32.3 Å². The highest BCUT2D eigenvalue weighted by Crippen LogP contribution is 2.35. The molecule has 1 aromatic rings. The van der Waals surface area contributed by atoms with Crippen LogP contribution in [0.5, 0.6) is 0 Å². The van der Waals surface area contributed by atoms with E-state index in [0.717, 1.165) is 17.0 Å². The standard InChI is InChI=1S/C15H16F4N2O3/c1-8-4-5-21(7-12(8)22)14(24)13(23)20-11-3-2-9(16)6-10(11)15(17,18)19/h2-3,6,8,12,22H,4-5,7H2,1H3,(H,20,23). The second kappa shape index (κ2) is 6.76. The molecule has 2 unspecified atom stereocenters. The monoisotopic (exact) mass is 348 g/mol. The van der Waals surface area contributed by atoms with E-state index in [0.29, 0.717) is 6.42 Å². The lowest BCUT2D eigenvalue weighted by molar-refractivity contribution is -0.146. The third-order valence-electron chi connectivity index (χ3n) is 3.94. The van der Waals surface area contributed by atoms with Crippen molar-refractivity contribution in [3.05, 3.63) is 29.6 Å². The molecule has 0 aliphatic carbocycles. The molecule has 1 aromatic carbocycles. The number of aliphatic hydroxyl groups is 1. The van der Waals surface area contributed by atoms with Crippen molar-refractivity contribution in [3.63, 3.8) is 0 Å². The third-order valence-corrected chi connectivity index (χ3v) is 3.94. The summed E-state index contributed by atoms with van der Waals surface area (Å²) < 4.78 is 51.7. The molecule has 0 radical (unpaired) electrons. The summed E-state index contributed by atoms with van der Waals surface area (Å²) in [6.07, 6.45) is -5.21. The molecule has 1 heterocycles. The van der Waals surface area contributed by atoms with Crippen molar-refractivity contribution in [2.75, 3.05) is 18.4 Å². The molecule has 132 valence electrons. The van der Waals surface area contributed by atoms with Crippen molar-refractivity contribution in [2.45, 2.75) is 25.6 Å². The van der Waals surface area contributed by atoms with Crippen LogP contribution in [0.3, 0.4) is 0 Å². The van der Waals surface area contributed by atoms with Crippen molar-refractivity contribution in [2.24, 2.45) is 5.92 Å². The number of carbonyl (C=O) groups excluding carboxylic acids is 2. The number of aliphatic hydroxyl groups excluding tert-OH is 1. The Labute approximate surface area is 135 Å². The van der Waals surface area contributed by atoms with Gasteiger partial charge in [-0.1, -0.05) is 6.92 Å². The zero-order chi connectivity index (χ0) is 18.1. The molecule has 0 aromatic heterocycles. The first-order valence-corrected chi connectivity index (χ1v) is 7.24. The van der Waals surface area contributed by atoms with Gasteiger partial charge in [0, 0.05) is 13.1 Å². The summed E-state index contributed by atoms with van der Waals surface area (Å²) in [6.45, 7) is 1.95. The predicted molar refractivity (Wildman–Crippen MR) is 76.4 cm³/mol. The van der Waals surface area contributed by atoms with Gasteiger partial charge in [-0.25, -0.2) is 4.39 Å². The number of hydrogen-bond donors (Lipinski definition) is 2. The summed E-state index contributed by atoms with van der Waals surface area (Å²) in [5, 5.41) is 11.6. The number of likely N-dealkylation sites (tertiary alicyclic amines) is 1. The minimum absolute atomic E-state index is 0.0361. The quantitative estimate of drug-likeness (QED) is 0.603. The number of nitrogens with one attached hydrogen (secondary N) is 1. The Morgan fingerprint density at radius 2 is 2.00 bits per heavy atom. The van der Waals surface area contributed by atoms with Gasteiger partial charge >= 0.3 is 18.0 Å². The normalized spacial score (nSPS) is 21.5. The van der Waals surface area contributed by atoms with E-state index in [9.17, 15) is 32.3 Å². The third kappa shape index (κ3) is 4.02. The summed E-state index contributed by atoms with van der Waals surface area (Å²) in [5.41, 5.74) is -2.08. The van der Waals surface area contributed by atoms with Gasteiger partial charge < -0.3 is 15.3 Å². The largest absolute Gasteiger partial charge is 0.418 e. The number of hydrogen-bond acceptors (Lipinski definition) is 3. The molecule has 2 rings (SSSR count). The Hall–Kier alpha value is -2.16. The van der Waals surface area contributed by atoms with E-state index in [4.69, 9.17) is 0 Å². The number of nitrogens with zero attached hydrogens (tertiary/aromatic N) is 1. The maximum Gasteiger partial charge on any atom is 0.418 e. The van der Waals surface area contributed by atoms with Crippen LogP contribution in [0.4, 0.5) is 23.2 Å². The molecule has 0 saturated carbocycles. The number of β-amino-alcohol motifs (C(OH)–C–C–N with tert-alkyl or cyclic N) is 1. The van der Waals surface area contributed by atoms with Gasteiger partial charge in [-0.15, -0.1) is 0 Å². The van der Waals surface area contributed by atoms with Gasteiger partial charge in [-0.05, 0) is 30.5 Å². The fourth-order valence-electron chi connectivity index (χ4n) is 2.41. The molecule has 24 heavy (non-hydrogen) atoms. The second-order valence-electron chi connectivity index (χ2n) is 5.73. The van der Waals surface area contributed by atoms with E-state index in [1.807, 2.05) is 5.32 Å². The molecule has 1 aliphatic heterocycles. The SMILES string of the molecule is CC1CCN(C(=O)C(=O)Nc2ccc(F)cc2C(F)(F)F)CC1O. The Morgan fingerprint density at radius 3 is 2.58 bits per heavy atom. The molecule has 1 aliphatic rings. The van der Waals surface area contributed by atoms with Crippen molar-refractivity contribution in [3.8, 4) is 0 Å². The molecule has 9 heteroatoms. The maximum absolute atomic E-state index is 13.0. The first-order valence-electron chi connectivity index (χ1n) is 7.24. The average Bonchev–Trinajstić information content (AvgIpc) is 2.50. The lowest BCUT2D eigenvalue weighted by atomic mass is 9.96. The molecule has 2 atom stereocenters. The van der Waals surface area contributed by atoms with Crippen LogP contribution in [0.2, 0.25) is 0 Å². The van der Waals surface area contributed by atoms with Gasteiger partial charge in [0.05, 0.1) is 17.4 Å². The van der Waals surface area contributed by atoms with Crippen LogP contribution in [0.15, 0.2) is 18.2 Å². The number of anilines is 1. The van der Waals surface area contributed by atoms with Gasteiger partial charge in [-0.3, -0.25) is 9.59 Å². The first kappa shape index (κ1) is 18.2. The smallest absolute Gasteiger partial charge is 0.391 e. The van der Waals surface area contributed by atoms with E-state index in [2.05, 4.69) is 0 Å². The minimum atomic E-state index is -4.88. The molecule has 2 N–H and O–H groups in total. The molecular formula is C15H16F4N2O3. The molecule has 1 saturated heterocycles. The van der Waals surface area contributed by atoms with Gasteiger partial charge in [0.25, 0.3) is 0 Å². The number of piperidine rings is 1. The number of benzene rings is 1. The summed E-state index contributed by atoms with van der Waals surface area (Å²) in [5.74, 6) is -3.46. The van der Waals surface area contributed by atoms with Gasteiger partial charge in [0.15, 0.2) is 0 Å². The van der Waals surface area contributed by atoms with E-state index in [1.165, 1.54) is 0 Å². The second-order valence-corrected chi connectivity index (χ2v) is 5.73. The van der Waals surface area contributed by atoms with Crippen LogP contribution in [0.1, 0.15) is 18.9 Å². The first-order chi connectivity index (χ1) is 11.1. The van der Waals surface area contributed by atoms with Crippen LogP contribution in [-0.2, 0) is 15.8 Å². The number of carbonyl (C=O) groups is 2. The zero-order valence-electron chi connectivity index (χ0n) is 12.7. The van der Waals surface area contributed by atoms with Crippen LogP contribution in [0.25, 0.3) is 0 Å². The highest BCUT2D eigenvalue weighted by Gasteiger charge is 2.36. The fourth-order valence-corrected chi connectivity index (χ4v) is 2.41. The van der Waals surface area contributed by atoms with Crippen LogP contribution < -0.4 is 5.32 Å². The van der Waals surface area contributed by atoms with E-state index < -0.39 is 41.2 Å². The fraction of sp³-hybridized carbons (Fsp3) is 0.467. The maximum atomic E-state index is 13.0. The number of halogens is 4. The van der Waals surface area contributed by atoms with Crippen LogP contribution in [0, 0.1) is 11.7 Å². The number of rotatable bonds is 1. The van der Waals surface area contributed by atoms with E-state index >= 15 is 0 Å². The Kier molecular flexibility index (Phi) is 5.12. The lowest BCUT2D eigenvalue weighted by Gasteiger charge is -2.33. The molecular weight excluding hydrogens is 332 g/mol. The molecule has 5 nitrogen and oxygen atoms in total. The lowest BCUT2D eigenvalue weighted by Crippen LogP contribution is -2.49. The molecule has 2 amide bonds. The molecule has 0 spiro atoms. The van der Waals surface area contributed by atoms with Crippen LogP contribution in [-0.4, -0.2) is 41.0 Å². The van der Waals surface area contributed by atoms with Gasteiger partial charge in [0.1, 0.15) is 5.82 Å². The van der Waals surface area contributed by atoms with Crippen LogP contribution >= 0.6 is 0 Å². The number of amides is 2. The van der Waals surface area contributed by atoms with E-state index in [-0.39, 0.29) is 25.1 Å². The Balaban J connectivity index is 2.14. The van der Waals surface area contributed by atoms with Crippen molar-refractivity contribution >= 4 is 17.5 Å². The highest BCUT2D eigenvalue weighted by molar-refractivity contribution is 6.39. The van der Waals surface area contributed by atoms with E-state index in [1.54, 1.807) is 6.92 Å². The van der Waals surface area contributed by atoms with Crippen molar-refractivity contribution in [1.82, 2.24) is 4.90 Å². The highest BCUT2D eigenvalue weighted by atomic mass is 19.4. The molecule has 1 fully saturated rings. The summed E-state index contributed by atoms with van der Waals surface area (Å²) in [6, 6.07) is 1.74. The Morgan fingerprint density at radius 1 is 1.33 bits per heavy atom. The van der Waals surface area contributed by atoms with Gasteiger partial charge in [0.2, 0.25) is 0 Å². The minimum Gasteiger partial charge on any atom is -0.391 e. The van der Waals surface area contributed by atoms with Gasteiger partial charge in [-0.2, -0.15) is 13.2 Å². The Bertz CT molecular complexity index is 648. The average molecular weight is 348 g/mol. The predicted octanol–water partition coefficient (Wildman–Crippen LogP) is 2.01. The molecule has 0 bridgehead atoms.